The van der Waals surface area contributed by atoms with Crippen LogP contribution in [0.15, 0.2) is 24.3 Å². The summed E-state index contributed by atoms with van der Waals surface area (Å²) in [5.41, 5.74) is 0.460. The SMILES string of the molecule is CC(=O)NCCCc1ccc(C(=O)COC(=O)CCN2C(=O)NC(C)(C)C2=O)cc1. The second kappa shape index (κ2) is 10.00. The number of nitrogens with one attached hydrogen (secondary N) is 2. The number of Topliss-reactive ketones (excluding diaryl/α,β-unsaturated/α-hetero) is 1. The van der Waals surface area contributed by atoms with Gasteiger partial charge in [0, 0.05) is 25.6 Å². The Balaban J connectivity index is 1.73. The zero-order valence-corrected chi connectivity index (χ0v) is 17.4. The van der Waals surface area contributed by atoms with Gasteiger partial charge in [-0.15, -0.1) is 0 Å². The second-order valence-electron chi connectivity index (χ2n) is 7.63. The highest BCUT2D eigenvalue weighted by molar-refractivity contribution is 6.06. The molecule has 1 heterocycles. The fraction of sp³-hybridized carbons (Fsp3) is 0.476. The molecule has 2 N–H and O–H groups in total. The molecule has 0 aromatic heterocycles. The quantitative estimate of drug-likeness (QED) is 0.255. The number of urea groups is 1. The maximum Gasteiger partial charge on any atom is 0.325 e. The Labute approximate surface area is 175 Å². The highest BCUT2D eigenvalue weighted by atomic mass is 16.5. The van der Waals surface area contributed by atoms with Crippen LogP contribution in [0.2, 0.25) is 0 Å². The van der Waals surface area contributed by atoms with E-state index in [1.54, 1.807) is 26.0 Å². The zero-order valence-electron chi connectivity index (χ0n) is 17.4. The first-order chi connectivity index (χ1) is 14.1. The van der Waals surface area contributed by atoms with Gasteiger partial charge in [0.05, 0.1) is 6.42 Å². The lowest BCUT2D eigenvalue weighted by Crippen LogP contribution is -2.40. The van der Waals surface area contributed by atoms with E-state index in [9.17, 15) is 24.0 Å². The number of hydrogen-bond donors (Lipinski definition) is 2. The Morgan fingerprint density at radius 3 is 2.37 bits per heavy atom. The van der Waals surface area contributed by atoms with E-state index in [1.807, 2.05) is 12.1 Å². The van der Waals surface area contributed by atoms with Crippen molar-refractivity contribution in [3.05, 3.63) is 35.4 Å². The van der Waals surface area contributed by atoms with Crippen LogP contribution in [0.3, 0.4) is 0 Å². The lowest BCUT2D eigenvalue weighted by molar-refractivity contribution is -0.143. The van der Waals surface area contributed by atoms with Gasteiger partial charge in [-0.1, -0.05) is 24.3 Å². The summed E-state index contributed by atoms with van der Waals surface area (Å²) >= 11 is 0. The van der Waals surface area contributed by atoms with Crippen LogP contribution in [-0.4, -0.2) is 59.7 Å². The number of carbonyl (C=O) groups excluding carboxylic acids is 5. The van der Waals surface area contributed by atoms with Crippen LogP contribution in [0, 0.1) is 0 Å². The Bertz CT molecular complexity index is 832. The minimum Gasteiger partial charge on any atom is -0.457 e. The zero-order chi connectivity index (χ0) is 22.3. The summed E-state index contributed by atoms with van der Waals surface area (Å²) in [5.74, 6) is -1.48. The molecule has 0 unspecified atom stereocenters. The predicted octanol–water partition coefficient (Wildman–Crippen LogP) is 1.20. The monoisotopic (exact) mass is 417 g/mol. The summed E-state index contributed by atoms with van der Waals surface area (Å²) in [5, 5.41) is 5.25. The normalized spacial score (nSPS) is 15.0. The van der Waals surface area contributed by atoms with Gasteiger partial charge >= 0.3 is 12.0 Å². The molecule has 0 atom stereocenters. The van der Waals surface area contributed by atoms with E-state index in [0.29, 0.717) is 12.1 Å². The first kappa shape index (κ1) is 23.1. The fourth-order valence-corrected chi connectivity index (χ4v) is 2.94. The molecule has 0 bridgehead atoms. The number of benzene rings is 1. The van der Waals surface area contributed by atoms with Gasteiger partial charge in [0.15, 0.2) is 12.4 Å². The van der Waals surface area contributed by atoms with Crippen LogP contribution in [-0.2, 0) is 25.5 Å². The maximum absolute atomic E-state index is 12.2. The first-order valence-corrected chi connectivity index (χ1v) is 9.76. The van der Waals surface area contributed by atoms with Gasteiger partial charge in [0.2, 0.25) is 5.91 Å². The largest absolute Gasteiger partial charge is 0.457 e. The van der Waals surface area contributed by atoms with E-state index in [2.05, 4.69) is 10.6 Å². The van der Waals surface area contributed by atoms with Crippen LogP contribution in [0.25, 0.3) is 0 Å². The van der Waals surface area contributed by atoms with Gasteiger partial charge in [-0.3, -0.25) is 24.1 Å². The number of ketones is 1. The minimum absolute atomic E-state index is 0.0652. The Morgan fingerprint density at radius 2 is 1.80 bits per heavy atom. The topological polar surface area (TPSA) is 122 Å². The predicted molar refractivity (Wildman–Crippen MR) is 108 cm³/mol. The first-order valence-electron chi connectivity index (χ1n) is 9.76. The van der Waals surface area contributed by atoms with Crippen molar-refractivity contribution >= 4 is 29.6 Å². The lowest BCUT2D eigenvalue weighted by Gasteiger charge is -2.15. The smallest absolute Gasteiger partial charge is 0.325 e. The average Bonchev–Trinajstić information content (AvgIpc) is 2.88. The lowest BCUT2D eigenvalue weighted by atomic mass is 10.1. The van der Waals surface area contributed by atoms with Crippen molar-refractivity contribution in [1.29, 1.82) is 0 Å². The van der Waals surface area contributed by atoms with E-state index in [4.69, 9.17) is 4.74 Å². The number of imide groups is 1. The molecule has 9 heteroatoms. The molecule has 4 amide bonds. The third-order valence-electron chi connectivity index (χ3n) is 4.64. The van der Waals surface area contributed by atoms with Gasteiger partial charge in [0.25, 0.3) is 5.91 Å². The Morgan fingerprint density at radius 1 is 1.13 bits per heavy atom. The van der Waals surface area contributed by atoms with Crippen molar-refractivity contribution < 1.29 is 28.7 Å². The molecule has 1 aromatic rings. The number of esters is 1. The molecule has 1 aromatic carbocycles. The van der Waals surface area contributed by atoms with Crippen LogP contribution in [0.1, 0.15) is 49.5 Å². The highest BCUT2D eigenvalue weighted by Gasteiger charge is 2.44. The Hall–Kier alpha value is -3.23. The number of ether oxygens (including phenoxy) is 1. The summed E-state index contributed by atoms with van der Waals surface area (Å²) in [7, 11) is 0. The van der Waals surface area contributed by atoms with Crippen molar-refractivity contribution in [3.63, 3.8) is 0 Å². The molecule has 0 aliphatic carbocycles. The van der Waals surface area contributed by atoms with Crippen LogP contribution in [0.4, 0.5) is 4.79 Å². The minimum atomic E-state index is -0.993. The van der Waals surface area contributed by atoms with E-state index in [1.165, 1.54) is 6.92 Å². The number of carbonyl (C=O) groups is 5. The molecule has 0 spiro atoms. The van der Waals surface area contributed by atoms with Gasteiger partial charge in [-0.25, -0.2) is 4.79 Å². The van der Waals surface area contributed by atoms with Gasteiger partial charge in [-0.2, -0.15) is 0 Å². The van der Waals surface area contributed by atoms with E-state index < -0.39 is 30.1 Å². The number of rotatable bonds is 10. The number of nitrogens with zero attached hydrogens (tertiary/aromatic N) is 1. The van der Waals surface area contributed by atoms with Crippen molar-refractivity contribution in [1.82, 2.24) is 15.5 Å². The molecule has 162 valence electrons. The standard InChI is InChI=1S/C21H27N3O6/c1-14(25)22-11-4-5-15-6-8-16(9-7-15)17(26)13-30-18(27)10-12-24-19(28)21(2,3)23-20(24)29/h6-9H,4-5,10-13H2,1-3H3,(H,22,25)(H,23,29). The number of amides is 4. The molecule has 1 aliphatic heterocycles. The number of hydrogen-bond acceptors (Lipinski definition) is 6. The van der Waals surface area contributed by atoms with Crippen molar-refractivity contribution in [2.24, 2.45) is 0 Å². The Kier molecular flexibility index (Phi) is 7.68. The average molecular weight is 417 g/mol. The molecule has 9 nitrogen and oxygen atoms in total. The molecule has 30 heavy (non-hydrogen) atoms. The highest BCUT2D eigenvalue weighted by Crippen LogP contribution is 2.16. The molecule has 1 fully saturated rings. The fourth-order valence-electron chi connectivity index (χ4n) is 2.94. The summed E-state index contributed by atoms with van der Waals surface area (Å²) in [4.78, 5) is 59.7. The van der Waals surface area contributed by atoms with Gasteiger partial charge in [0.1, 0.15) is 5.54 Å². The molecule has 2 rings (SSSR count). The third-order valence-corrected chi connectivity index (χ3v) is 4.64. The van der Waals surface area contributed by atoms with Crippen LogP contribution >= 0.6 is 0 Å². The second-order valence-corrected chi connectivity index (χ2v) is 7.63. The maximum atomic E-state index is 12.2. The molecule has 1 saturated heterocycles. The van der Waals surface area contributed by atoms with Crippen molar-refractivity contribution in [2.45, 2.75) is 45.6 Å². The van der Waals surface area contributed by atoms with E-state index in [0.717, 1.165) is 23.3 Å². The summed E-state index contributed by atoms with van der Waals surface area (Å²) in [6.45, 7) is 4.71. The van der Waals surface area contributed by atoms with Crippen LogP contribution < -0.4 is 10.6 Å². The molecular formula is C21H27N3O6. The number of aryl methyl sites for hydroxylation is 1. The van der Waals surface area contributed by atoms with Crippen molar-refractivity contribution in [3.8, 4) is 0 Å². The molecule has 0 radical (unpaired) electrons. The van der Waals surface area contributed by atoms with Gasteiger partial charge < -0.3 is 15.4 Å². The molecule has 1 aliphatic rings. The third kappa shape index (κ3) is 6.40. The van der Waals surface area contributed by atoms with E-state index in [-0.39, 0.29) is 24.7 Å². The summed E-state index contributed by atoms with van der Waals surface area (Å²) in [6.07, 6.45) is 1.37. The van der Waals surface area contributed by atoms with Crippen molar-refractivity contribution in [2.75, 3.05) is 19.7 Å². The summed E-state index contributed by atoms with van der Waals surface area (Å²) < 4.78 is 4.97. The van der Waals surface area contributed by atoms with E-state index >= 15 is 0 Å². The van der Waals surface area contributed by atoms with Gasteiger partial charge in [-0.05, 0) is 32.3 Å². The molecular weight excluding hydrogens is 390 g/mol. The van der Waals surface area contributed by atoms with Crippen LogP contribution in [0.5, 0.6) is 0 Å². The summed E-state index contributed by atoms with van der Waals surface area (Å²) in [6, 6.07) is 6.43. The molecule has 0 saturated carbocycles.